The molecule has 1 aliphatic rings. The van der Waals surface area contributed by atoms with Crippen LogP contribution in [0.25, 0.3) is 0 Å². The molecular weight excluding hydrogens is 316 g/mol. The minimum Gasteiger partial charge on any atom is -0.368 e. The number of nitrogens with zero attached hydrogens (tertiary/aromatic N) is 4. The van der Waals surface area contributed by atoms with Gasteiger partial charge in [0.1, 0.15) is 5.69 Å². The summed E-state index contributed by atoms with van der Waals surface area (Å²) in [6.07, 6.45) is 4.70. The van der Waals surface area contributed by atoms with Crippen molar-refractivity contribution in [3.63, 3.8) is 0 Å². The molecule has 0 saturated heterocycles. The van der Waals surface area contributed by atoms with E-state index in [0.29, 0.717) is 12.2 Å². The van der Waals surface area contributed by atoms with E-state index in [1.165, 1.54) is 11.3 Å². The number of hydrogen-bond donors (Lipinski definition) is 2. The Morgan fingerprint density at radius 2 is 1.96 bits per heavy atom. The fourth-order valence-corrected chi connectivity index (χ4v) is 3.32. The third-order valence-electron chi connectivity index (χ3n) is 4.99. The van der Waals surface area contributed by atoms with Gasteiger partial charge in [-0.25, -0.2) is 9.97 Å². The molecule has 0 radical (unpaired) electrons. The van der Waals surface area contributed by atoms with Crippen LogP contribution in [-0.2, 0) is 19.4 Å². The number of nitrogens with one attached hydrogen (secondary N) is 1. The van der Waals surface area contributed by atoms with Gasteiger partial charge in [-0.3, -0.25) is 9.48 Å². The van der Waals surface area contributed by atoms with Crippen molar-refractivity contribution in [2.24, 2.45) is 0 Å². The molecule has 134 valence electrons. The fourth-order valence-electron chi connectivity index (χ4n) is 3.32. The maximum absolute atomic E-state index is 12.5. The van der Waals surface area contributed by atoms with Crippen molar-refractivity contribution in [2.75, 3.05) is 12.3 Å². The third kappa shape index (κ3) is 3.65. The van der Waals surface area contributed by atoms with Gasteiger partial charge in [0.15, 0.2) is 0 Å². The molecule has 0 aromatic carbocycles. The van der Waals surface area contributed by atoms with Gasteiger partial charge in [-0.1, -0.05) is 0 Å². The van der Waals surface area contributed by atoms with Gasteiger partial charge >= 0.3 is 0 Å². The topological polar surface area (TPSA) is 98.7 Å². The number of carbonyl (C=O) groups excluding carboxylic acids is 1. The van der Waals surface area contributed by atoms with E-state index in [-0.39, 0.29) is 11.9 Å². The van der Waals surface area contributed by atoms with Crippen molar-refractivity contribution in [1.82, 2.24) is 25.1 Å². The molecule has 1 amide bonds. The van der Waals surface area contributed by atoms with Crippen LogP contribution in [0, 0.1) is 20.8 Å². The summed E-state index contributed by atoms with van der Waals surface area (Å²) >= 11 is 0. The van der Waals surface area contributed by atoms with Crippen LogP contribution in [0.1, 0.15) is 58.0 Å². The molecule has 2 aromatic heterocycles. The maximum Gasteiger partial charge on any atom is 0.270 e. The number of anilines is 1. The predicted octanol–water partition coefficient (Wildman–Crippen LogP) is 1.88. The Hall–Kier alpha value is -2.44. The summed E-state index contributed by atoms with van der Waals surface area (Å²) in [6, 6.07) is 0. The molecule has 0 bridgehead atoms. The standard InChI is InChI=1S/C18H26N6O/c1-11-12(2)23-24(13(11)3)10-6-9-20-17(25)16-14-7-4-5-8-15(14)21-18(19)22-16/h4-10H2,1-3H3,(H,20,25)(H2,19,21,22). The Morgan fingerprint density at radius 3 is 2.68 bits per heavy atom. The molecule has 25 heavy (non-hydrogen) atoms. The number of amides is 1. The van der Waals surface area contributed by atoms with E-state index < -0.39 is 0 Å². The van der Waals surface area contributed by atoms with Crippen LogP contribution in [0.15, 0.2) is 0 Å². The minimum absolute atomic E-state index is 0.156. The summed E-state index contributed by atoms with van der Waals surface area (Å²) in [5, 5.41) is 7.48. The van der Waals surface area contributed by atoms with E-state index in [9.17, 15) is 4.79 Å². The second-order valence-electron chi connectivity index (χ2n) is 6.69. The molecule has 0 saturated carbocycles. The lowest BCUT2D eigenvalue weighted by atomic mass is 9.94. The average molecular weight is 342 g/mol. The molecule has 0 atom stereocenters. The van der Waals surface area contributed by atoms with Gasteiger partial charge in [0, 0.05) is 30.0 Å². The average Bonchev–Trinajstić information content (AvgIpc) is 2.84. The zero-order valence-corrected chi connectivity index (χ0v) is 15.2. The molecule has 2 aromatic rings. The summed E-state index contributed by atoms with van der Waals surface area (Å²) in [4.78, 5) is 21.0. The summed E-state index contributed by atoms with van der Waals surface area (Å²) in [7, 11) is 0. The first-order chi connectivity index (χ1) is 12.0. The molecule has 7 nitrogen and oxygen atoms in total. The van der Waals surface area contributed by atoms with Crippen LogP contribution in [-0.4, -0.2) is 32.2 Å². The quantitative estimate of drug-likeness (QED) is 0.808. The van der Waals surface area contributed by atoms with E-state index in [2.05, 4.69) is 34.2 Å². The zero-order chi connectivity index (χ0) is 18.0. The molecule has 0 aliphatic heterocycles. The highest BCUT2D eigenvalue weighted by molar-refractivity contribution is 5.94. The molecule has 7 heteroatoms. The lowest BCUT2D eigenvalue weighted by Gasteiger charge is -2.17. The second-order valence-corrected chi connectivity index (χ2v) is 6.69. The van der Waals surface area contributed by atoms with Crippen molar-refractivity contribution < 1.29 is 4.79 Å². The number of aryl methyl sites for hydroxylation is 3. The summed E-state index contributed by atoms with van der Waals surface area (Å²) in [6.45, 7) is 7.53. The van der Waals surface area contributed by atoms with Crippen LogP contribution < -0.4 is 11.1 Å². The number of fused-ring (bicyclic) bond motifs is 1. The molecular formula is C18H26N6O. The molecule has 1 aliphatic carbocycles. The third-order valence-corrected chi connectivity index (χ3v) is 4.99. The van der Waals surface area contributed by atoms with E-state index in [1.807, 2.05) is 11.6 Å². The Balaban J connectivity index is 1.60. The Kier molecular flexibility index (Phi) is 5.01. The first-order valence-corrected chi connectivity index (χ1v) is 8.91. The summed E-state index contributed by atoms with van der Waals surface area (Å²) in [5.41, 5.74) is 11.6. The van der Waals surface area contributed by atoms with Gasteiger partial charge in [0.05, 0.1) is 5.69 Å². The first kappa shape index (κ1) is 17.4. The van der Waals surface area contributed by atoms with E-state index in [1.54, 1.807) is 0 Å². The van der Waals surface area contributed by atoms with Gasteiger partial charge in [0.25, 0.3) is 5.91 Å². The van der Waals surface area contributed by atoms with Gasteiger partial charge in [-0.2, -0.15) is 5.10 Å². The van der Waals surface area contributed by atoms with Gasteiger partial charge in [-0.15, -0.1) is 0 Å². The molecule has 0 unspecified atom stereocenters. The highest BCUT2D eigenvalue weighted by Gasteiger charge is 2.21. The Bertz CT molecular complexity index is 795. The maximum atomic E-state index is 12.5. The Labute approximate surface area is 148 Å². The number of carbonyl (C=O) groups is 1. The van der Waals surface area contributed by atoms with E-state index in [0.717, 1.165) is 55.6 Å². The van der Waals surface area contributed by atoms with E-state index >= 15 is 0 Å². The monoisotopic (exact) mass is 342 g/mol. The van der Waals surface area contributed by atoms with Crippen molar-refractivity contribution >= 4 is 11.9 Å². The number of rotatable bonds is 5. The zero-order valence-electron chi connectivity index (χ0n) is 15.2. The van der Waals surface area contributed by atoms with Gasteiger partial charge in [-0.05, 0) is 58.4 Å². The fraction of sp³-hybridized carbons (Fsp3) is 0.556. The largest absolute Gasteiger partial charge is 0.368 e. The van der Waals surface area contributed by atoms with Crippen LogP contribution in [0.4, 0.5) is 5.95 Å². The van der Waals surface area contributed by atoms with Gasteiger partial charge in [0.2, 0.25) is 5.95 Å². The SMILES string of the molecule is Cc1nn(CCCNC(=O)c2nc(N)nc3c2CCCC3)c(C)c1C. The van der Waals surface area contributed by atoms with Crippen molar-refractivity contribution in [3.05, 3.63) is 33.9 Å². The van der Waals surface area contributed by atoms with Crippen molar-refractivity contribution in [3.8, 4) is 0 Å². The number of aromatic nitrogens is 4. The predicted molar refractivity (Wildman–Crippen MR) is 96.5 cm³/mol. The van der Waals surface area contributed by atoms with Crippen LogP contribution >= 0.6 is 0 Å². The first-order valence-electron chi connectivity index (χ1n) is 8.91. The number of nitrogens with two attached hydrogens (primary N) is 1. The number of nitrogen functional groups attached to an aromatic ring is 1. The highest BCUT2D eigenvalue weighted by atomic mass is 16.1. The summed E-state index contributed by atoms with van der Waals surface area (Å²) < 4.78 is 2.00. The van der Waals surface area contributed by atoms with Crippen molar-refractivity contribution in [1.29, 1.82) is 0 Å². The second kappa shape index (κ2) is 7.21. The van der Waals surface area contributed by atoms with E-state index in [4.69, 9.17) is 5.73 Å². The number of hydrogen-bond acceptors (Lipinski definition) is 5. The molecule has 2 heterocycles. The summed E-state index contributed by atoms with van der Waals surface area (Å²) in [5.74, 6) is 0.0284. The van der Waals surface area contributed by atoms with Crippen LogP contribution in [0.5, 0.6) is 0 Å². The lowest BCUT2D eigenvalue weighted by molar-refractivity contribution is 0.0946. The molecule has 3 N–H and O–H groups in total. The van der Waals surface area contributed by atoms with Crippen LogP contribution in [0.3, 0.4) is 0 Å². The molecule has 0 fully saturated rings. The Morgan fingerprint density at radius 1 is 1.20 bits per heavy atom. The van der Waals surface area contributed by atoms with Crippen molar-refractivity contribution in [2.45, 2.75) is 59.4 Å². The van der Waals surface area contributed by atoms with Gasteiger partial charge < -0.3 is 11.1 Å². The smallest absolute Gasteiger partial charge is 0.270 e. The minimum atomic E-state index is -0.156. The normalized spacial score (nSPS) is 13.6. The molecule has 3 rings (SSSR count). The molecule has 0 spiro atoms. The highest BCUT2D eigenvalue weighted by Crippen LogP contribution is 2.22. The van der Waals surface area contributed by atoms with Crippen LogP contribution in [0.2, 0.25) is 0 Å². The lowest BCUT2D eigenvalue weighted by Crippen LogP contribution is -2.29.